The van der Waals surface area contributed by atoms with E-state index in [0.29, 0.717) is 48.3 Å². The van der Waals surface area contributed by atoms with Gasteiger partial charge in [0.25, 0.3) is 5.91 Å². The van der Waals surface area contributed by atoms with Gasteiger partial charge in [-0.1, -0.05) is 12.1 Å². The third-order valence-corrected chi connectivity index (χ3v) is 4.66. The summed E-state index contributed by atoms with van der Waals surface area (Å²) in [5, 5.41) is 2.94. The van der Waals surface area contributed by atoms with Crippen LogP contribution in [-0.2, 0) is 6.54 Å². The van der Waals surface area contributed by atoms with E-state index in [9.17, 15) is 4.79 Å². The molecule has 1 amide bonds. The first-order chi connectivity index (χ1) is 15.0. The lowest BCUT2D eigenvalue weighted by molar-refractivity contribution is 0.102. The second kappa shape index (κ2) is 10.5. The predicted octanol–water partition coefficient (Wildman–Crippen LogP) is 4.69. The maximum atomic E-state index is 12.9. The van der Waals surface area contributed by atoms with Gasteiger partial charge in [-0.25, -0.2) is 4.98 Å². The summed E-state index contributed by atoms with van der Waals surface area (Å²) in [4.78, 5) is 17.1. The van der Waals surface area contributed by atoms with Gasteiger partial charge >= 0.3 is 0 Å². The van der Waals surface area contributed by atoms with E-state index < -0.39 is 0 Å². The van der Waals surface area contributed by atoms with Crippen LogP contribution in [0.1, 0.15) is 42.5 Å². The molecular weight excluding hydrogens is 394 g/mol. The zero-order valence-corrected chi connectivity index (χ0v) is 18.5. The number of rotatable bonds is 10. The highest BCUT2D eigenvalue weighted by Gasteiger charge is 2.18. The maximum Gasteiger partial charge on any atom is 0.255 e. The summed E-state index contributed by atoms with van der Waals surface area (Å²) in [6.45, 7) is 9.74. The fourth-order valence-electron chi connectivity index (χ4n) is 3.18. The molecule has 7 nitrogen and oxygen atoms in total. The fraction of sp³-hybridized carbons (Fsp3) is 0.333. The van der Waals surface area contributed by atoms with Crippen molar-refractivity contribution in [2.24, 2.45) is 0 Å². The van der Waals surface area contributed by atoms with Gasteiger partial charge in [-0.2, -0.15) is 0 Å². The SMILES string of the molecule is CCOc1cc(C(=O)Nc2ccc(Cn3ccnc3C)cc2)cc(OCC)c1OCC. The number of aromatic nitrogens is 2. The van der Waals surface area contributed by atoms with E-state index >= 15 is 0 Å². The van der Waals surface area contributed by atoms with Gasteiger partial charge in [0, 0.05) is 30.2 Å². The summed E-state index contributed by atoms with van der Waals surface area (Å²) in [5.74, 6) is 2.21. The smallest absolute Gasteiger partial charge is 0.255 e. The van der Waals surface area contributed by atoms with E-state index in [2.05, 4.69) is 14.9 Å². The molecule has 1 aromatic heterocycles. The fourth-order valence-corrected chi connectivity index (χ4v) is 3.18. The molecule has 3 rings (SSSR count). The molecule has 2 aromatic carbocycles. The van der Waals surface area contributed by atoms with Gasteiger partial charge < -0.3 is 24.1 Å². The number of ether oxygens (including phenoxy) is 3. The van der Waals surface area contributed by atoms with Gasteiger partial charge in [-0.15, -0.1) is 0 Å². The highest BCUT2D eigenvalue weighted by atomic mass is 16.5. The van der Waals surface area contributed by atoms with Crippen LogP contribution in [-0.4, -0.2) is 35.3 Å². The van der Waals surface area contributed by atoms with Crippen molar-refractivity contribution in [1.82, 2.24) is 9.55 Å². The Morgan fingerprint density at radius 1 is 0.968 bits per heavy atom. The van der Waals surface area contributed by atoms with E-state index in [-0.39, 0.29) is 5.91 Å². The Bertz CT molecular complexity index is 985. The lowest BCUT2D eigenvalue weighted by Gasteiger charge is -2.17. The van der Waals surface area contributed by atoms with E-state index in [0.717, 1.165) is 17.9 Å². The largest absolute Gasteiger partial charge is 0.490 e. The van der Waals surface area contributed by atoms with E-state index in [1.54, 1.807) is 18.3 Å². The Labute approximate surface area is 183 Å². The molecule has 1 heterocycles. The van der Waals surface area contributed by atoms with E-state index in [1.165, 1.54) is 0 Å². The summed E-state index contributed by atoms with van der Waals surface area (Å²) in [6, 6.07) is 11.1. The highest BCUT2D eigenvalue weighted by molar-refractivity contribution is 6.05. The first-order valence-corrected chi connectivity index (χ1v) is 10.5. The van der Waals surface area contributed by atoms with Crippen LogP contribution in [0, 0.1) is 6.92 Å². The van der Waals surface area contributed by atoms with Crippen molar-refractivity contribution in [3.8, 4) is 17.2 Å². The summed E-state index contributed by atoms with van der Waals surface area (Å²) < 4.78 is 19.2. The van der Waals surface area contributed by atoms with Gasteiger partial charge in [0.05, 0.1) is 19.8 Å². The molecule has 0 spiro atoms. The second-order valence-electron chi connectivity index (χ2n) is 6.85. The Kier molecular flexibility index (Phi) is 7.54. The molecule has 0 saturated heterocycles. The molecule has 0 saturated carbocycles. The van der Waals surface area contributed by atoms with Crippen molar-refractivity contribution in [1.29, 1.82) is 0 Å². The Morgan fingerprint density at radius 3 is 2.10 bits per heavy atom. The summed E-state index contributed by atoms with van der Waals surface area (Å²) in [5.41, 5.74) is 2.27. The number of nitrogens with one attached hydrogen (secondary N) is 1. The van der Waals surface area contributed by atoms with Gasteiger partial charge in [0.1, 0.15) is 5.82 Å². The zero-order valence-electron chi connectivity index (χ0n) is 18.5. The molecule has 0 aliphatic heterocycles. The van der Waals surface area contributed by atoms with Crippen molar-refractivity contribution < 1.29 is 19.0 Å². The van der Waals surface area contributed by atoms with Crippen LogP contribution >= 0.6 is 0 Å². The standard InChI is InChI=1S/C24H29N3O4/c1-5-29-21-14-19(15-22(30-6-2)23(21)31-7-3)24(28)26-20-10-8-18(9-11-20)16-27-13-12-25-17(27)4/h8-15H,5-7,16H2,1-4H3,(H,26,28). The number of benzene rings is 2. The average molecular weight is 424 g/mol. The predicted molar refractivity (Wildman–Crippen MR) is 120 cm³/mol. The molecule has 0 atom stereocenters. The van der Waals surface area contributed by atoms with Crippen molar-refractivity contribution in [3.63, 3.8) is 0 Å². The Balaban J connectivity index is 1.78. The molecule has 0 aliphatic rings. The lowest BCUT2D eigenvalue weighted by atomic mass is 10.1. The molecule has 31 heavy (non-hydrogen) atoms. The monoisotopic (exact) mass is 423 g/mol. The molecule has 0 fully saturated rings. The van der Waals surface area contributed by atoms with Crippen molar-refractivity contribution in [3.05, 3.63) is 65.7 Å². The molecule has 1 N–H and O–H groups in total. The third-order valence-electron chi connectivity index (χ3n) is 4.66. The van der Waals surface area contributed by atoms with Gasteiger partial charge in [-0.3, -0.25) is 4.79 Å². The van der Waals surface area contributed by atoms with Gasteiger partial charge in [0.2, 0.25) is 5.75 Å². The first kappa shape index (κ1) is 22.2. The van der Waals surface area contributed by atoms with Gasteiger partial charge in [0.15, 0.2) is 11.5 Å². The molecule has 0 aliphatic carbocycles. The molecule has 3 aromatic rings. The number of imidazole rings is 1. The van der Waals surface area contributed by atoms with Crippen LogP contribution in [0.2, 0.25) is 0 Å². The van der Waals surface area contributed by atoms with Crippen LogP contribution in [0.3, 0.4) is 0 Å². The van der Waals surface area contributed by atoms with Crippen molar-refractivity contribution >= 4 is 11.6 Å². The maximum absolute atomic E-state index is 12.9. The molecule has 164 valence electrons. The first-order valence-electron chi connectivity index (χ1n) is 10.5. The quantitative estimate of drug-likeness (QED) is 0.512. The minimum atomic E-state index is -0.247. The number of hydrogen-bond donors (Lipinski definition) is 1. The average Bonchev–Trinajstić information content (AvgIpc) is 3.16. The van der Waals surface area contributed by atoms with Gasteiger partial charge in [-0.05, 0) is 57.5 Å². The molecule has 7 heteroatoms. The topological polar surface area (TPSA) is 74.6 Å². The number of carbonyl (C=O) groups is 1. The zero-order chi connectivity index (χ0) is 22.2. The van der Waals surface area contributed by atoms with Crippen LogP contribution < -0.4 is 19.5 Å². The van der Waals surface area contributed by atoms with Crippen molar-refractivity contribution in [2.45, 2.75) is 34.2 Å². The normalized spacial score (nSPS) is 10.6. The third kappa shape index (κ3) is 5.57. The molecular formula is C24H29N3O4. The number of aryl methyl sites for hydroxylation is 1. The summed E-state index contributed by atoms with van der Waals surface area (Å²) in [7, 11) is 0. The number of nitrogens with zero attached hydrogens (tertiary/aromatic N) is 2. The second-order valence-corrected chi connectivity index (χ2v) is 6.85. The minimum Gasteiger partial charge on any atom is -0.490 e. The van der Waals surface area contributed by atoms with Crippen LogP contribution in [0.5, 0.6) is 17.2 Å². The summed E-state index contributed by atoms with van der Waals surface area (Å²) in [6.07, 6.45) is 3.73. The van der Waals surface area contributed by atoms with Crippen LogP contribution in [0.15, 0.2) is 48.8 Å². The number of amides is 1. The van der Waals surface area contributed by atoms with Crippen LogP contribution in [0.4, 0.5) is 5.69 Å². The number of anilines is 1. The van der Waals surface area contributed by atoms with Crippen LogP contribution in [0.25, 0.3) is 0 Å². The number of hydrogen-bond acceptors (Lipinski definition) is 5. The van der Waals surface area contributed by atoms with Crippen molar-refractivity contribution in [2.75, 3.05) is 25.1 Å². The Morgan fingerprint density at radius 2 is 1.58 bits per heavy atom. The highest BCUT2D eigenvalue weighted by Crippen LogP contribution is 2.39. The molecule has 0 bridgehead atoms. The summed E-state index contributed by atoms with van der Waals surface area (Å²) >= 11 is 0. The molecule has 0 radical (unpaired) electrons. The lowest BCUT2D eigenvalue weighted by Crippen LogP contribution is -2.13. The number of carbonyl (C=O) groups excluding carboxylic acids is 1. The van der Waals surface area contributed by atoms with E-state index in [1.807, 2.05) is 58.2 Å². The van der Waals surface area contributed by atoms with E-state index in [4.69, 9.17) is 14.2 Å². The Hall–Kier alpha value is -3.48. The minimum absolute atomic E-state index is 0.247. The molecule has 0 unspecified atom stereocenters.